The normalized spacial score (nSPS) is 10.8. The molecule has 2 N–H and O–H groups in total. The van der Waals surface area contributed by atoms with Crippen molar-refractivity contribution in [2.45, 2.75) is 6.92 Å². The summed E-state index contributed by atoms with van der Waals surface area (Å²) in [5.74, 6) is -1.01. The van der Waals surface area contributed by atoms with Crippen molar-refractivity contribution >= 4 is 29.0 Å². The van der Waals surface area contributed by atoms with E-state index in [1.807, 2.05) is 0 Å². The molecule has 0 saturated heterocycles. The van der Waals surface area contributed by atoms with Crippen LogP contribution in [0.1, 0.15) is 32.2 Å². The number of anilines is 1. The number of amides is 1. The zero-order chi connectivity index (χ0) is 21.3. The van der Waals surface area contributed by atoms with Crippen LogP contribution in [0.5, 0.6) is 0 Å². The van der Waals surface area contributed by atoms with E-state index in [1.54, 1.807) is 37.3 Å². The predicted octanol–water partition coefficient (Wildman–Crippen LogP) is 5.25. The first-order chi connectivity index (χ1) is 14.4. The van der Waals surface area contributed by atoms with E-state index in [4.69, 9.17) is 16.1 Å². The van der Waals surface area contributed by atoms with Gasteiger partial charge in [0.25, 0.3) is 5.91 Å². The van der Waals surface area contributed by atoms with E-state index < -0.39 is 11.7 Å². The molecule has 0 unspecified atom stereocenters. The summed E-state index contributed by atoms with van der Waals surface area (Å²) in [6.45, 7) is 1.63. The molecule has 2 aromatic heterocycles. The number of hydrogen-bond acceptors (Lipinski definition) is 4. The highest BCUT2D eigenvalue weighted by Crippen LogP contribution is 2.32. The molecule has 0 fully saturated rings. The number of ketones is 1. The third kappa shape index (κ3) is 3.75. The number of H-pyrrole nitrogens is 1. The lowest BCUT2D eigenvalue weighted by Gasteiger charge is -2.03. The van der Waals surface area contributed by atoms with E-state index in [1.165, 1.54) is 30.5 Å². The fourth-order valence-corrected chi connectivity index (χ4v) is 3.27. The quantitative estimate of drug-likeness (QED) is 0.429. The number of carbonyl (C=O) groups excluding carboxylic acids is 2. The monoisotopic (exact) mass is 423 g/mol. The van der Waals surface area contributed by atoms with Crippen molar-refractivity contribution in [3.8, 4) is 11.3 Å². The fraction of sp³-hybridized carbons (Fsp3) is 0.0455. The summed E-state index contributed by atoms with van der Waals surface area (Å²) in [7, 11) is 0. The molecule has 0 bridgehead atoms. The molecule has 6 nitrogen and oxygen atoms in total. The van der Waals surface area contributed by atoms with Crippen LogP contribution in [0.2, 0.25) is 5.02 Å². The van der Waals surface area contributed by atoms with Gasteiger partial charge in [0, 0.05) is 23.0 Å². The fourth-order valence-electron chi connectivity index (χ4n) is 3.04. The van der Waals surface area contributed by atoms with Crippen LogP contribution in [0.3, 0.4) is 0 Å². The molecule has 0 aliphatic rings. The van der Waals surface area contributed by atoms with E-state index in [0.29, 0.717) is 27.7 Å². The second kappa shape index (κ2) is 7.96. The Kier molecular flexibility index (Phi) is 5.20. The van der Waals surface area contributed by atoms with E-state index in [9.17, 15) is 14.0 Å². The smallest absolute Gasteiger partial charge is 0.272 e. The number of rotatable bonds is 5. The number of aryl methyl sites for hydroxylation is 1. The lowest BCUT2D eigenvalue weighted by molar-refractivity contribution is 0.102. The average Bonchev–Trinajstić information content (AvgIpc) is 3.35. The van der Waals surface area contributed by atoms with Gasteiger partial charge in [-0.2, -0.15) is 0 Å². The topological polar surface area (TPSA) is 88.0 Å². The number of carbonyl (C=O) groups is 2. The Morgan fingerprint density at radius 1 is 1.13 bits per heavy atom. The van der Waals surface area contributed by atoms with E-state index >= 15 is 0 Å². The van der Waals surface area contributed by atoms with Gasteiger partial charge in [0.1, 0.15) is 23.0 Å². The molecule has 4 rings (SSSR count). The van der Waals surface area contributed by atoms with Crippen LogP contribution in [0, 0.1) is 12.7 Å². The highest BCUT2D eigenvalue weighted by Gasteiger charge is 2.25. The number of aromatic nitrogens is 2. The number of aromatic amines is 1. The molecule has 0 aliphatic carbocycles. The second-order valence-electron chi connectivity index (χ2n) is 6.54. The molecule has 2 heterocycles. The highest BCUT2D eigenvalue weighted by atomic mass is 35.5. The molecular formula is C22H15ClFN3O3. The third-order valence-corrected chi connectivity index (χ3v) is 4.82. The van der Waals surface area contributed by atoms with Crippen molar-refractivity contribution in [1.82, 2.24) is 10.1 Å². The van der Waals surface area contributed by atoms with Crippen LogP contribution in [0.4, 0.5) is 10.1 Å². The molecule has 2 aromatic carbocycles. The Labute approximate surface area is 175 Å². The van der Waals surface area contributed by atoms with Gasteiger partial charge in [-0.05, 0) is 37.3 Å². The van der Waals surface area contributed by atoms with Crippen LogP contribution in [-0.2, 0) is 0 Å². The van der Waals surface area contributed by atoms with Crippen molar-refractivity contribution in [3.63, 3.8) is 0 Å². The molecule has 0 saturated carbocycles. The molecule has 150 valence electrons. The second-order valence-corrected chi connectivity index (χ2v) is 6.95. The van der Waals surface area contributed by atoms with Gasteiger partial charge in [-0.15, -0.1) is 0 Å². The lowest BCUT2D eigenvalue weighted by Crippen LogP contribution is -2.12. The first kappa shape index (κ1) is 19.6. The number of nitrogens with one attached hydrogen (secondary N) is 2. The Bertz CT molecular complexity index is 1260. The molecule has 30 heavy (non-hydrogen) atoms. The summed E-state index contributed by atoms with van der Waals surface area (Å²) in [6, 6.07) is 13.9. The Balaban J connectivity index is 1.62. The minimum absolute atomic E-state index is 0.149. The van der Waals surface area contributed by atoms with E-state index in [0.717, 1.165) is 0 Å². The minimum atomic E-state index is -0.506. The maximum absolute atomic E-state index is 13.3. The van der Waals surface area contributed by atoms with Crippen LogP contribution in [-0.4, -0.2) is 21.8 Å². The minimum Gasteiger partial charge on any atom is -0.360 e. The molecule has 8 heteroatoms. The Morgan fingerprint density at radius 2 is 1.93 bits per heavy atom. The van der Waals surface area contributed by atoms with Gasteiger partial charge >= 0.3 is 0 Å². The number of hydrogen-bond donors (Lipinski definition) is 2. The average molecular weight is 424 g/mol. The summed E-state index contributed by atoms with van der Waals surface area (Å²) in [5, 5.41) is 7.00. The zero-order valence-electron chi connectivity index (χ0n) is 15.7. The molecule has 0 atom stereocenters. The standard InChI is InChI=1S/C22H15ClFN3O3/c1-12-19(20(27-30-12)16-7-2-3-8-17(16)23)21(28)13-9-18(25-11-13)22(29)26-15-6-4-5-14(24)10-15/h2-11,25H,1H3,(H,26,29). The summed E-state index contributed by atoms with van der Waals surface area (Å²) in [5.41, 5.74) is 1.86. The van der Waals surface area contributed by atoms with Gasteiger partial charge < -0.3 is 14.8 Å². The summed E-state index contributed by atoms with van der Waals surface area (Å²) in [4.78, 5) is 28.3. The largest absolute Gasteiger partial charge is 0.360 e. The lowest BCUT2D eigenvalue weighted by atomic mass is 9.99. The number of halogens is 2. The molecule has 0 radical (unpaired) electrons. The molecule has 4 aromatic rings. The van der Waals surface area contributed by atoms with Crippen molar-refractivity contribution in [1.29, 1.82) is 0 Å². The van der Waals surface area contributed by atoms with E-state index in [-0.39, 0.29) is 22.6 Å². The molecule has 1 amide bonds. The van der Waals surface area contributed by atoms with Gasteiger partial charge in [-0.1, -0.05) is 41.0 Å². The van der Waals surface area contributed by atoms with Crippen molar-refractivity contribution in [3.05, 3.63) is 94.2 Å². The third-order valence-electron chi connectivity index (χ3n) is 4.49. The van der Waals surface area contributed by atoms with Crippen molar-refractivity contribution < 1.29 is 18.5 Å². The Morgan fingerprint density at radius 3 is 2.70 bits per heavy atom. The van der Waals surface area contributed by atoms with Crippen LogP contribution < -0.4 is 5.32 Å². The van der Waals surface area contributed by atoms with Gasteiger partial charge in [0.15, 0.2) is 5.78 Å². The number of nitrogens with zero attached hydrogens (tertiary/aromatic N) is 1. The van der Waals surface area contributed by atoms with Crippen LogP contribution in [0.25, 0.3) is 11.3 Å². The SMILES string of the molecule is Cc1onc(-c2ccccc2Cl)c1C(=O)c1c[nH]c(C(=O)Nc2cccc(F)c2)c1. The van der Waals surface area contributed by atoms with Gasteiger partial charge in [0.2, 0.25) is 0 Å². The summed E-state index contributed by atoms with van der Waals surface area (Å²) < 4.78 is 18.5. The maximum Gasteiger partial charge on any atom is 0.272 e. The summed E-state index contributed by atoms with van der Waals surface area (Å²) in [6.07, 6.45) is 1.42. The maximum atomic E-state index is 13.3. The number of benzene rings is 2. The summed E-state index contributed by atoms with van der Waals surface area (Å²) >= 11 is 6.25. The van der Waals surface area contributed by atoms with Crippen LogP contribution >= 0.6 is 11.6 Å². The molecule has 0 spiro atoms. The predicted molar refractivity (Wildman–Crippen MR) is 110 cm³/mol. The Hall–Kier alpha value is -3.71. The van der Waals surface area contributed by atoms with E-state index in [2.05, 4.69) is 15.5 Å². The van der Waals surface area contributed by atoms with Gasteiger partial charge in [-0.25, -0.2) is 4.39 Å². The van der Waals surface area contributed by atoms with Crippen molar-refractivity contribution in [2.75, 3.05) is 5.32 Å². The first-order valence-corrected chi connectivity index (χ1v) is 9.33. The van der Waals surface area contributed by atoms with Gasteiger partial charge in [-0.3, -0.25) is 9.59 Å². The van der Waals surface area contributed by atoms with Crippen molar-refractivity contribution in [2.24, 2.45) is 0 Å². The van der Waals surface area contributed by atoms with Gasteiger partial charge in [0.05, 0.1) is 10.6 Å². The zero-order valence-corrected chi connectivity index (χ0v) is 16.5. The van der Waals surface area contributed by atoms with Crippen LogP contribution in [0.15, 0.2) is 65.3 Å². The highest BCUT2D eigenvalue weighted by molar-refractivity contribution is 6.33. The molecular weight excluding hydrogens is 409 g/mol. The first-order valence-electron chi connectivity index (χ1n) is 8.95. The molecule has 0 aliphatic heterocycles.